The molecule has 114 valence electrons. The second-order valence-electron chi connectivity index (χ2n) is 6.34. The van der Waals surface area contributed by atoms with Crippen molar-refractivity contribution in [3.63, 3.8) is 0 Å². The third-order valence-electron chi connectivity index (χ3n) is 4.72. The lowest BCUT2D eigenvalue weighted by atomic mass is 9.96. The van der Waals surface area contributed by atoms with E-state index in [-0.39, 0.29) is 17.7 Å². The maximum absolute atomic E-state index is 12.4. The van der Waals surface area contributed by atoms with Crippen LogP contribution in [0.5, 0.6) is 0 Å². The quantitative estimate of drug-likeness (QED) is 0.881. The normalized spacial score (nSPS) is 27.0. The zero-order valence-electron chi connectivity index (χ0n) is 12.2. The average Bonchev–Trinajstić information content (AvgIpc) is 3.09. The van der Waals surface area contributed by atoms with Crippen LogP contribution in [0.2, 0.25) is 0 Å². The van der Waals surface area contributed by atoms with Gasteiger partial charge >= 0.3 is 0 Å². The van der Waals surface area contributed by atoms with Gasteiger partial charge in [-0.15, -0.1) is 0 Å². The van der Waals surface area contributed by atoms with Crippen LogP contribution < -0.4 is 5.32 Å². The van der Waals surface area contributed by atoms with Crippen LogP contribution in [0.25, 0.3) is 11.0 Å². The van der Waals surface area contributed by atoms with Crippen LogP contribution in [0.15, 0.2) is 28.7 Å². The van der Waals surface area contributed by atoms with Gasteiger partial charge in [0.15, 0.2) is 12.0 Å². The second-order valence-corrected chi connectivity index (χ2v) is 6.34. The molecule has 0 radical (unpaired) electrons. The monoisotopic (exact) mass is 298 g/mol. The van der Waals surface area contributed by atoms with Gasteiger partial charge in [0.2, 0.25) is 0 Å². The lowest BCUT2D eigenvalue weighted by Crippen LogP contribution is -2.47. The van der Waals surface area contributed by atoms with E-state index in [1.807, 2.05) is 0 Å². The highest BCUT2D eigenvalue weighted by atomic mass is 16.3. The lowest BCUT2D eigenvalue weighted by molar-refractivity contribution is 0.0909. The molecule has 2 fully saturated rings. The molecule has 2 aliphatic rings. The molecule has 5 nitrogen and oxygen atoms in total. The van der Waals surface area contributed by atoms with Gasteiger partial charge < -0.3 is 14.6 Å². The summed E-state index contributed by atoms with van der Waals surface area (Å²) in [5, 5.41) is 3.92. The van der Waals surface area contributed by atoms with E-state index in [0.717, 1.165) is 30.8 Å². The van der Waals surface area contributed by atoms with Gasteiger partial charge in [-0.2, -0.15) is 0 Å². The number of benzene rings is 1. The van der Waals surface area contributed by atoms with Gasteiger partial charge in [-0.3, -0.25) is 9.59 Å². The molecule has 2 bridgehead atoms. The third kappa shape index (κ3) is 2.41. The van der Waals surface area contributed by atoms with Crippen molar-refractivity contribution < 1.29 is 14.0 Å². The summed E-state index contributed by atoms with van der Waals surface area (Å²) in [6.45, 7) is 3.29. The first kappa shape index (κ1) is 13.5. The minimum absolute atomic E-state index is 0.0525. The third-order valence-corrected chi connectivity index (χ3v) is 4.72. The zero-order chi connectivity index (χ0) is 15.1. The van der Waals surface area contributed by atoms with E-state index in [1.165, 1.54) is 13.0 Å². The number of hydrogen-bond acceptors (Lipinski definition) is 4. The van der Waals surface area contributed by atoms with E-state index < -0.39 is 0 Å². The Morgan fingerprint density at radius 1 is 1.32 bits per heavy atom. The predicted octanol–water partition coefficient (Wildman–Crippen LogP) is 2.07. The van der Waals surface area contributed by atoms with Gasteiger partial charge in [0, 0.05) is 30.1 Å². The minimum Gasteiger partial charge on any atom is -0.453 e. The molecule has 4 rings (SSSR count). The number of amides is 1. The van der Waals surface area contributed by atoms with E-state index >= 15 is 0 Å². The Balaban J connectivity index is 1.51. The minimum atomic E-state index is -0.0525. The summed E-state index contributed by atoms with van der Waals surface area (Å²) in [5.41, 5.74) is 1.24. The zero-order valence-corrected chi connectivity index (χ0v) is 12.2. The number of furan rings is 1. The Labute approximate surface area is 128 Å². The van der Waals surface area contributed by atoms with Gasteiger partial charge in [0.1, 0.15) is 5.58 Å². The molecule has 2 saturated heterocycles. The molecule has 22 heavy (non-hydrogen) atoms. The SMILES string of the molecule is O=Cc1cc2cc(C(=O)N[C@@H]3C[C@@H]4CCN(C4)C3)ccc2o1. The molecule has 3 atom stereocenters. The lowest BCUT2D eigenvalue weighted by Gasteiger charge is -2.30. The summed E-state index contributed by atoms with van der Waals surface area (Å²) in [5.74, 6) is 0.957. The molecule has 2 aromatic rings. The molecular formula is C17H18N2O3. The summed E-state index contributed by atoms with van der Waals surface area (Å²) in [4.78, 5) is 25.6. The highest BCUT2D eigenvalue weighted by Gasteiger charge is 2.32. The Hall–Kier alpha value is -2.14. The number of carbonyl (C=O) groups is 2. The second kappa shape index (κ2) is 5.25. The standard InChI is InChI=1S/C17H18N2O3/c20-10-15-7-13-6-12(1-2-16(13)22-15)17(21)18-14-5-11-3-4-19(8-11)9-14/h1-2,6-7,10-11,14H,3-5,8-9H2,(H,18,21)/t11-,14+/m0/s1. The molecule has 1 unspecified atom stereocenters. The number of aldehydes is 1. The van der Waals surface area contributed by atoms with Crippen LogP contribution in [0.1, 0.15) is 33.8 Å². The fraction of sp³-hybridized carbons (Fsp3) is 0.412. The molecule has 0 saturated carbocycles. The van der Waals surface area contributed by atoms with E-state index in [2.05, 4.69) is 10.2 Å². The summed E-state index contributed by atoms with van der Waals surface area (Å²) < 4.78 is 5.33. The Kier molecular flexibility index (Phi) is 3.22. The molecule has 1 amide bonds. The van der Waals surface area contributed by atoms with Crippen LogP contribution in [0.3, 0.4) is 0 Å². The van der Waals surface area contributed by atoms with Crippen molar-refractivity contribution in [3.8, 4) is 0 Å². The summed E-state index contributed by atoms with van der Waals surface area (Å²) >= 11 is 0. The smallest absolute Gasteiger partial charge is 0.251 e. The van der Waals surface area contributed by atoms with Crippen LogP contribution >= 0.6 is 0 Å². The Bertz CT molecular complexity index is 725. The van der Waals surface area contributed by atoms with E-state index in [0.29, 0.717) is 17.4 Å². The largest absolute Gasteiger partial charge is 0.453 e. The maximum atomic E-state index is 12.4. The van der Waals surface area contributed by atoms with Crippen LogP contribution in [-0.2, 0) is 0 Å². The topological polar surface area (TPSA) is 62.6 Å². The van der Waals surface area contributed by atoms with Gasteiger partial charge in [-0.1, -0.05) is 0 Å². The fourth-order valence-electron chi connectivity index (χ4n) is 3.70. The van der Waals surface area contributed by atoms with E-state index in [1.54, 1.807) is 24.3 Å². The molecule has 1 aromatic carbocycles. The molecule has 0 aliphatic carbocycles. The first-order valence-electron chi connectivity index (χ1n) is 7.73. The number of hydrogen-bond donors (Lipinski definition) is 1. The van der Waals surface area contributed by atoms with Gasteiger partial charge in [0.25, 0.3) is 5.91 Å². The van der Waals surface area contributed by atoms with Crippen LogP contribution in [-0.4, -0.2) is 42.8 Å². The average molecular weight is 298 g/mol. The van der Waals surface area contributed by atoms with Crippen molar-refractivity contribution in [1.29, 1.82) is 0 Å². The van der Waals surface area contributed by atoms with Crippen LogP contribution in [0, 0.1) is 5.92 Å². The Morgan fingerprint density at radius 2 is 2.23 bits per heavy atom. The van der Waals surface area contributed by atoms with Crippen molar-refractivity contribution in [3.05, 3.63) is 35.6 Å². The first-order valence-corrected chi connectivity index (χ1v) is 7.73. The van der Waals surface area contributed by atoms with Crippen molar-refractivity contribution in [2.45, 2.75) is 18.9 Å². The van der Waals surface area contributed by atoms with E-state index in [4.69, 9.17) is 4.42 Å². The number of nitrogens with one attached hydrogen (secondary N) is 1. The number of piperidine rings is 1. The van der Waals surface area contributed by atoms with Crippen LogP contribution in [0.4, 0.5) is 0 Å². The molecule has 0 spiro atoms. The fourth-order valence-corrected chi connectivity index (χ4v) is 3.70. The van der Waals surface area contributed by atoms with Crippen molar-refractivity contribution >= 4 is 23.2 Å². The first-order chi connectivity index (χ1) is 10.7. The van der Waals surface area contributed by atoms with Crippen molar-refractivity contribution in [2.75, 3.05) is 19.6 Å². The number of fused-ring (bicyclic) bond motifs is 3. The number of rotatable bonds is 3. The van der Waals surface area contributed by atoms with Gasteiger partial charge in [0.05, 0.1) is 0 Å². The number of carbonyl (C=O) groups excluding carboxylic acids is 2. The Morgan fingerprint density at radius 3 is 3.05 bits per heavy atom. The van der Waals surface area contributed by atoms with Gasteiger partial charge in [-0.05, 0) is 49.6 Å². The molecule has 1 aromatic heterocycles. The summed E-state index contributed by atoms with van der Waals surface area (Å²) in [6, 6.07) is 7.16. The van der Waals surface area contributed by atoms with E-state index in [9.17, 15) is 9.59 Å². The van der Waals surface area contributed by atoms with Crippen molar-refractivity contribution in [2.24, 2.45) is 5.92 Å². The molecule has 5 heteroatoms. The molecule has 1 N–H and O–H groups in total. The van der Waals surface area contributed by atoms with Crippen molar-refractivity contribution in [1.82, 2.24) is 10.2 Å². The number of nitrogens with zero attached hydrogens (tertiary/aromatic N) is 1. The summed E-state index contributed by atoms with van der Waals surface area (Å²) in [6.07, 6.45) is 3.00. The van der Waals surface area contributed by atoms with Gasteiger partial charge in [-0.25, -0.2) is 0 Å². The predicted molar refractivity (Wildman–Crippen MR) is 82.0 cm³/mol. The summed E-state index contributed by atoms with van der Waals surface area (Å²) in [7, 11) is 0. The molecule has 3 heterocycles. The maximum Gasteiger partial charge on any atom is 0.251 e. The molecular weight excluding hydrogens is 280 g/mol. The highest BCUT2D eigenvalue weighted by molar-refractivity contribution is 5.98. The molecule has 2 aliphatic heterocycles. The highest BCUT2D eigenvalue weighted by Crippen LogP contribution is 2.27.